The van der Waals surface area contributed by atoms with Crippen LogP contribution in [0.2, 0.25) is 0 Å². The summed E-state index contributed by atoms with van der Waals surface area (Å²) in [6, 6.07) is 12.3. The van der Waals surface area contributed by atoms with Crippen LogP contribution in [0.1, 0.15) is 27.3 Å². The standard InChI is InChI=1S/C19H17F3N4OS/c1-12-7-3-6-10-15(12)26-16(24-25-18(26)28-2)11-23-17(27)13-8-4-5-9-14(13)19(20,21)22/h3-10H,11H2,1-2H3,(H,23,27). The van der Waals surface area contributed by atoms with Gasteiger partial charge in [0.25, 0.3) is 5.91 Å². The van der Waals surface area contributed by atoms with Crippen molar-refractivity contribution in [3.8, 4) is 5.69 Å². The summed E-state index contributed by atoms with van der Waals surface area (Å²) in [5.41, 5.74) is 0.420. The van der Waals surface area contributed by atoms with Crippen molar-refractivity contribution in [1.82, 2.24) is 20.1 Å². The summed E-state index contributed by atoms with van der Waals surface area (Å²) in [5.74, 6) is -0.394. The molecule has 3 aromatic rings. The molecule has 1 aromatic heterocycles. The zero-order valence-electron chi connectivity index (χ0n) is 15.1. The molecule has 0 bridgehead atoms. The normalized spacial score (nSPS) is 11.5. The lowest BCUT2D eigenvalue weighted by Crippen LogP contribution is -2.27. The van der Waals surface area contributed by atoms with Gasteiger partial charge in [-0.2, -0.15) is 13.2 Å². The third-order valence-corrected chi connectivity index (χ3v) is 4.75. The molecule has 0 saturated heterocycles. The number of carbonyl (C=O) groups excluding carboxylic acids is 1. The first-order chi connectivity index (χ1) is 13.3. The molecule has 1 N–H and O–H groups in total. The Kier molecular flexibility index (Phi) is 5.73. The number of nitrogens with one attached hydrogen (secondary N) is 1. The summed E-state index contributed by atoms with van der Waals surface area (Å²) in [4.78, 5) is 12.4. The molecule has 0 atom stereocenters. The Morgan fingerprint density at radius 1 is 1.11 bits per heavy atom. The van der Waals surface area contributed by atoms with Gasteiger partial charge in [0.05, 0.1) is 23.4 Å². The van der Waals surface area contributed by atoms with Gasteiger partial charge in [-0.3, -0.25) is 9.36 Å². The van der Waals surface area contributed by atoms with Crippen LogP contribution < -0.4 is 5.32 Å². The van der Waals surface area contributed by atoms with Crippen LogP contribution in [0.25, 0.3) is 5.69 Å². The summed E-state index contributed by atoms with van der Waals surface area (Å²) >= 11 is 1.38. The average molecular weight is 406 g/mol. The number of alkyl halides is 3. The van der Waals surface area contributed by atoms with Gasteiger partial charge in [0.2, 0.25) is 0 Å². The summed E-state index contributed by atoms with van der Waals surface area (Å²) < 4.78 is 41.2. The second kappa shape index (κ2) is 8.05. The third-order valence-electron chi connectivity index (χ3n) is 4.12. The number of para-hydroxylation sites is 1. The minimum Gasteiger partial charge on any atom is -0.345 e. The van der Waals surface area contributed by atoms with Crippen molar-refractivity contribution in [1.29, 1.82) is 0 Å². The fraction of sp³-hybridized carbons (Fsp3) is 0.211. The molecule has 0 aliphatic carbocycles. The van der Waals surface area contributed by atoms with E-state index in [1.54, 1.807) is 4.57 Å². The van der Waals surface area contributed by atoms with Crippen LogP contribution in [0.3, 0.4) is 0 Å². The van der Waals surface area contributed by atoms with Crippen molar-refractivity contribution < 1.29 is 18.0 Å². The van der Waals surface area contributed by atoms with Crippen molar-refractivity contribution in [2.75, 3.05) is 6.26 Å². The Balaban J connectivity index is 1.88. The van der Waals surface area contributed by atoms with E-state index in [9.17, 15) is 18.0 Å². The van der Waals surface area contributed by atoms with Crippen LogP contribution in [-0.4, -0.2) is 26.9 Å². The van der Waals surface area contributed by atoms with Crippen molar-refractivity contribution in [2.24, 2.45) is 0 Å². The molecule has 2 aromatic carbocycles. The fourth-order valence-electron chi connectivity index (χ4n) is 2.79. The SMILES string of the molecule is CSc1nnc(CNC(=O)c2ccccc2C(F)(F)F)n1-c1ccccc1C. The van der Waals surface area contributed by atoms with Crippen LogP contribution in [0.5, 0.6) is 0 Å². The van der Waals surface area contributed by atoms with Gasteiger partial charge in [0.15, 0.2) is 11.0 Å². The Morgan fingerprint density at radius 3 is 2.46 bits per heavy atom. The largest absolute Gasteiger partial charge is 0.417 e. The number of aryl methyl sites for hydroxylation is 1. The zero-order valence-corrected chi connectivity index (χ0v) is 15.9. The molecule has 5 nitrogen and oxygen atoms in total. The van der Waals surface area contributed by atoms with E-state index in [-0.39, 0.29) is 6.54 Å². The maximum absolute atomic E-state index is 13.1. The van der Waals surface area contributed by atoms with E-state index in [2.05, 4.69) is 15.5 Å². The Bertz CT molecular complexity index is 1000. The average Bonchev–Trinajstić information content (AvgIpc) is 3.08. The number of hydrogen-bond acceptors (Lipinski definition) is 4. The third kappa shape index (κ3) is 4.04. The highest BCUT2D eigenvalue weighted by Crippen LogP contribution is 2.31. The summed E-state index contributed by atoms with van der Waals surface area (Å²) in [6.07, 6.45) is -2.76. The molecule has 3 rings (SSSR count). The van der Waals surface area contributed by atoms with Gasteiger partial charge >= 0.3 is 6.18 Å². The molecule has 0 aliphatic rings. The smallest absolute Gasteiger partial charge is 0.345 e. The van der Waals surface area contributed by atoms with E-state index < -0.39 is 23.2 Å². The first-order valence-corrected chi connectivity index (χ1v) is 9.54. The first kappa shape index (κ1) is 19.9. The topological polar surface area (TPSA) is 59.8 Å². The van der Waals surface area contributed by atoms with Gasteiger partial charge in [-0.25, -0.2) is 0 Å². The lowest BCUT2D eigenvalue weighted by Gasteiger charge is -2.14. The second-order valence-corrected chi connectivity index (χ2v) is 6.72. The molecular weight excluding hydrogens is 389 g/mol. The second-order valence-electron chi connectivity index (χ2n) is 5.95. The Hall–Kier alpha value is -2.81. The quantitative estimate of drug-likeness (QED) is 0.644. The number of carbonyl (C=O) groups is 1. The van der Waals surface area contributed by atoms with Gasteiger partial charge in [0, 0.05) is 0 Å². The minimum atomic E-state index is -4.61. The Morgan fingerprint density at radius 2 is 1.79 bits per heavy atom. The molecule has 0 fully saturated rings. The number of nitrogens with zero attached hydrogens (tertiary/aromatic N) is 3. The summed E-state index contributed by atoms with van der Waals surface area (Å²) in [6.45, 7) is 1.87. The number of benzene rings is 2. The number of amides is 1. The van der Waals surface area contributed by atoms with Crippen LogP contribution in [0.4, 0.5) is 13.2 Å². The van der Waals surface area contributed by atoms with Gasteiger partial charge < -0.3 is 5.32 Å². The number of thioether (sulfide) groups is 1. The maximum Gasteiger partial charge on any atom is 0.417 e. The van der Waals surface area contributed by atoms with E-state index in [1.165, 1.54) is 23.9 Å². The van der Waals surface area contributed by atoms with Crippen molar-refractivity contribution in [3.63, 3.8) is 0 Å². The van der Waals surface area contributed by atoms with Gasteiger partial charge in [-0.1, -0.05) is 42.1 Å². The first-order valence-electron chi connectivity index (χ1n) is 8.31. The van der Waals surface area contributed by atoms with Crippen molar-refractivity contribution in [2.45, 2.75) is 24.8 Å². The molecular formula is C19H17F3N4OS. The molecule has 0 radical (unpaired) electrons. The van der Waals surface area contributed by atoms with Crippen molar-refractivity contribution >= 4 is 17.7 Å². The highest BCUT2D eigenvalue weighted by Gasteiger charge is 2.34. The summed E-state index contributed by atoms with van der Waals surface area (Å²) in [7, 11) is 0. The highest BCUT2D eigenvalue weighted by molar-refractivity contribution is 7.98. The van der Waals surface area contributed by atoms with E-state index in [1.807, 2.05) is 37.4 Å². The van der Waals surface area contributed by atoms with E-state index in [4.69, 9.17) is 0 Å². The maximum atomic E-state index is 13.1. The zero-order chi connectivity index (χ0) is 20.3. The molecule has 146 valence electrons. The van der Waals surface area contributed by atoms with Crippen LogP contribution >= 0.6 is 11.8 Å². The molecule has 0 spiro atoms. The van der Waals surface area contributed by atoms with Crippen LogP contribution in [0.15, 0.2) is 53.7 Å². The van der Waals surface area contributed by atoms with Crippen LogP contribution in [-0.2, 0) is 12.7 Å². The number of aromatic nitrogens is 3. The number of hydrogen-bond donors (Lipinski definition) is 1. The van der Waals surface area contributed by atoms with E-state index >= 15 is 0 Å². The van der Waals surface area contributed by atoms with E-state index in [0.29, 0.717) is 11.0 Å². The lowest BCUT2D eigenvalue weighted by atomic mass is 10.1. The molecule has 9 heteroatoms. The van der Waals surface area contributed by atoms with E-state index in [0.717, 1.165) is 23.4 Å². The van der Waals surface area contributed by atoms with Crippen LogP contribution in [0, 0.1) is 6.92 Å². The molecule has 28 heavy (non-hydrogen) atoms. The monoisotopic (exact) mass is 406 g/mol. The Labute approximate surface area is 164 Å². The highest BCUT2D eigenvalue weighted by atomic mass is 32.2. The number of rotatable bonds is 5. The minimum absolute atomic E-state index is 0.0626. The molecule has 1 amide bonds. The van der Waals surface area contributed by atoms with Gasteiger partial charge in [0.1, 0.15) is 0 Å². The van der Waals surface area contributed by atoms with Gasteiger partial charge in [-0.05, 0) is 36.9 Å². The number of halogens is 3. The molecule has 0 aliphatic heterocycles. The van der Waals surface area contributed by atoms with Crippen molar-refractivity contribution in [3.05, 3.63) is 71.0 Å². The molecule has 0 unspecified atom stereocenters. The molecule has 1 heterocycles. The summed E-state index contributed by atoms with van der Waals surface area (Å²) in [5, 5.41) is 11.3. The lowest BCUT2D eigenvalue weighted by molar-refractivity contribution is -0.137. The fourth-order valence-corrected chi connectivity index (χ4v) is 3.29. The molecule has 0 saturated carbocycles. The predicted octanol–water partition coefficient (Wildman–Crippen LogP) is 4.25. The predicted molar refractivity (Wildman–Crippen MR) is 100 cm³/mol. The van der Waals surface area contributed by atoms with Gasteiger partial charge in [-0.15, -0.1) is 10.2 Å².